The van der Waals surface area contributed by atoms with E-state index in [0.717, 1.165) is 30.6 Å². The van der Waals surface area contributed by atoms with Crippen molar-refractivity contribution in [2.45, 2.75) is 82.7 Å². The molecule has 1 aromatic heterocycles. The number of nitrogens with one attached hydrogen (secondary N) is 1. The van der Waals surface area contributed by atoms with Gasteiger partial charge in [-0.2, -0.15) is 4.31 Å². The molecule has 0 saturated heterocycles. The van der Waals surface area contributed by atoms with Gasteiger partial charge in [0.1, 0.15) is 11.4 Å². The van der Waals surface area contributed by atoms with Gasteiger partial charge in [0.15, 0.2) is 0 Å². The van der Waals surface area contributed by atoms with E-state index in [2.05, 4.69) is 12.2 Å². The van der Waals surface area contributed by atoms with Crippen molar-refractivity contribution in [2.75, 3.05) is 20.2 Å². The van der Waals surface area contributed by atoms with Gasteiger partial charge in [0, 0.05) is 32.5 Å². The van der Waals surface area contributed by atoms with Gasteiger partial charge < -0.3 is 14.6 Å². The number of ether oxygens (including phenoxy) is 1. The number of hydrogen-bond acceptors (Lipinski definition) is 6. The van der Waals surface area contributed by atoms with Crippen LogP contribution in [-0.2, 0) is 37.3 Å². The van der Waals surface area contributed by atoms with E-state index in [1.165, 1.54) is 11.4 Å². The largest absolute Gasteiger partial charge is 0.467 e. The number of carbonyl (C=O) groups is 2. The van der Waals surface area contributed by atoms with E-state index in [9.17, 15) is 18.0 Å². The van der Waals surface area contributed by atoms with Gasteiger partial charge in [-0.05, 0) is 37.5 Å². The van der Waals surface area contributed by atoms with E-state index < -0.39 is 21.5 Å². The zero-order valence-electron chi connectivity index (χ0n) is 20.6. The molecule has 9 nitrogen and oxygen atoms in total. The number of sulfonamides is 1. The molecule has 1 heterocycles. The summed E-state index contributed by atoms with van der Waals surface area (Å²) in [5.74, 6) is 0.119. The Balaban J connectivity index is 1.83. The molecular formula is C24H36N4O5S. The van der Waals surface area contributed by atoms with Crippen molar-refractivity contribution in [1.82, 2.24) is 19.2 Å². The Hall–Kier alpha value is -2.46. The Morgan fingerprint density at radius 2 is 1.85 bits per heavy atom. The molecule has 0 unspecified atom stereocenters. The van der Waals surface area contributed by atoms with Crippen molar-refractivity contribution in [3.63, 3.8) is 0 Å². The summed E-state index contributed by atoms with van der Waals surface area (Å²) < 4.78 is 34.3. The molecule has 0 bridgehead atoms. The maximum atomic E-state index is 12.9. The zero-order valence-corrected chi connectivity index (χ0v) is 21.4. The molecule has 188 valence electrons. The monoisotopic (exact) mass is 492 g/mol. The minimum absolute atomic E-state index is 0.177. The number of methoxy groups -OCH3 is 1. The van der Waals surface area contributed by atoms with E-state index in [1.807, 2.05) is 18.4 Å². The minimum Gasteiger partial charge on any atom is -0.467 e. The third-order valence-electron chi connectivity index (χ3n) is 6.58. The molecular weight excluding hydrogens is 456 g/mol. The van der Waals surface area contributed by atoms with E-state index in [-0.39, 0.29) is 17.2 Å². The van der Waals surface area contributed by atoms with Gasteiger partial charge in [-0.1, -0.05) is 33.6 Å². The molecule has 1 aliphatic rings. The average Bonchev–Trinajstić information content (AvgIpc) is 3.43. The minimum atomic E-state index is -3.59. The number of aryl methyl sites for hydroxylation is 2. The van der Waals surface area contributed by atoms with Crippen molar-refractivity contribution < 1.29 is 22.7 Å². The summed E-state index contributed by atoms with van der Waals surface area (Å²) in [6.07, 6.45) is 4.36. The summed E-state index contributed by atoms with van der Waals surface area (Å²) in [5.41, 5.74) is 0.514. The second-order valence-corrected chi connectivity index (χ2v) is 10.7. The lowest BCUT2D eigenvalue weighted by Crippen LogP contribution is -2.53. The van der Waals surface area contributed by atoms with E-state index in [0.29, 0.717) is 44.4 Å². The quantitative estimate of drug-likeness (QED) is 0.483. The average molecular weight is 493 g/mol. The summed E-state index contributed by atoms with van der Waals surface area (Å²) in [6.45, 7) is 7.19. The number of nitrogens with zero attached hydrogens (tertiary/aromatic N) is 3. The first-order valence-electron chi connectivity index (χ1n) is 12.1. The number of amides is 1. The SMILES string of the molecule is CCCn1c(CCC(=O)NC2(C(=O)OC)CCCC2)nc2cc(S(=O)(=O)N(CC)CC)ccc21. The highest BCUT2D eigenvalue weighted by molar-refractivity contribution is 7.89. The molecule has 1 saturated carbocycles. The zero-order chi connectivity index (χ0) is 24.9. The number of benzene rings is 1. The van der Waals surface area contributed by atoms with Crippen LogP contribution in [0.25, 0.3) is 11.0 Å². The van der Waals surface area contributed by atoms with Gasteiger partial charge >= 0.3 is 5.97 Å². The lowest BCUT2D eigenvalue weighted by molar-refractivity contribution is -0.150. The Labute approximate surface area is 201 Å². The van der Waals surface area contributed by atoms with Crippen LogP contribution in [0, 0.1) is 0 Å². The summed E-state index contributed by atoms with van der Waals surface area (Å²) in [7, 11) is -2.25. The van der Waals surface area contributed by atoms with Crippen molar-refractivity contribution in [3.8, 4) is 0 Å². The van der Waals surface area contributed by atoms with Gasteiger partial charge in [-0.25, -0.2) is 18.2 Å². The Kier molecular flexibility index (Phi) is 8.35. The standard InChI is InChI=1S/C24H36N4O5S/c1-5-16-28-20-11-10-18(34(31,32)27(6-2)7-3)17-19(20)25-21(28)12-13-22(29)26-24(23(30)33-4)14-8-9-15-24/h10-11,17H,5-9,12-16H2,1-4H3,(H,26,29). The first-order chi connectivity index (χ1) is 16.2. The fourth-order valence-corrected chi connectivity index (χ4v) is 6.28. The molecule has 3 rings (SSSR count). The molecule has 1 amide bonds. The summed E-state index contributed by atoms with van der Waals surface area (Å²) in [5, 5.41) is 2.92. The molecule has 0 spiro atoms. The van der Waals surface area contributed by atoms with Crippen LogP contribution in [-0.4, -0.2) is 59.9 Å². The van der Waals surface area contributed by atoms with Crippen molar-refractivity contribution in [1.29, 1.82) is 0 Å². The fraction of sp³-hybridized carbons (Fsp3) is 0.625. The predicted molar refractivity (Wildman–Crippen MR) is 130 cm³/mol. The Morgan fingerprint density at radius 1 is 1.18 bits per heavy atom. The number of aromatic nitrogens is 2. The second-order valence-electron chi connectivity index (χ2n) is 8.75. The maximum Gasteiger partial charge on any atom is 0.331 e. The normalized spacial score (nSPS) is 15.7. The maximum absolute atomic E-state index is 12.9. The molecule has 1 aromatic carbocycles. The van der Waals surface area contributed by atoms with Crippen LogP contribution in [0.1, 0.15) is 65.1 Å². The van der Waals surface area contributed by atoms with Gasteiger partial charge in [0.25, 0.3) is 0 Å². The number of esters is 1. The van der Waals surface area contributed by atoms with Crippen LogP contribution in [0.2, 0.25) is 0 Å². The molecule has 1 N–H and O–H groups in total. The van der Waals surface area contributed by atoms with E-state index in [4.69, 9.17) is 9.72 Å². The Bertz CT molecular complexity index is 1130. The lowest BCUT2D eigenvalue weighted by atomic mass is 9.97. The molecule has 10 heteroatoms. The van der Waals surface area contributed by atoms with E-state index >= 15 is 0 Å². The Morgan fingerprint density at radius 3 is 2.44 bits per heavy atom. The third-order valence-corrected chi connectivity index (χ3v) is 8.62. The van der Waals surface area contributed by atoms with Gasteiger partial charge in [-0.15, -0.1) is 0 Å². The van der Waals surface area contributed by atoms with Crippen molar-refractivity contribution in [3.05, 3.63) is 24.0 Å². The van der Waals surface area contributed by atoms with Crippen molar-refractivity contribution >= 4 is 32.9 Å². The molecule has 34 heavy (non-hydrogen) atoms. The summed E-state index contributed by atoms with van der Waals surface area (Å²) in [6, 6.07) is 5.03. The summed E-state index contributed by atoms with van der Waals surface area (Å²) >= 11 is 0. The van der Waals surface area contributed by atoms with Gasteiger partial charge in [-0.3, -0.25) is 4.79 Å². The van der Waals surface area contributed by atoms with Crippen LogP contribution in [0.15, 0.2) is 23.1 Å². The van der Waals surface area contributed by atoms with E-state index in [1.54, 1.807) is 18.2 Å². The smallest absolute Gasteiger partial charge is 0.331 e. The molecule has 2 aromatic rings. The highest BCUT2D eigenvalue weighted by Crippen LogP contribution is 2.31. The first kappa shape index (κ1) is 26.2. The van der Waals surface area contributed by atoms with Crippen LogP contribution >= 0.6 is 0 Å². The second kappa shape index (κ2) is 10.9. The number of fused-ring (bicyclic) bond motifs is 1. The first-order valence-corrected chi connectivity index (χ1v) is 13.5. The molecule has 1 fully saturated rings. The highest BCUT2D eigenvalue weighted by Gasteiger charge is 2.43. The third kappa shape index (κ3) is 5.12. The molecule has 0 radical (unpaired) electrons. The molecule has 1 aliphatic carbocycles. The topological polar surface area (TPSA) is 111 Å². The number of carbonyl (C=O) groups excluding carboxylic acids is 2. The number of rotatable bonds is 11. The molecule has 0 atom stereocenters. The number of hydrogen-bond donors (Lipinski definition) is 1. The van der Waals surface area contributed by atoms with Crippen LogP contribution in [0.5, 0.6) is 0 Å². The van der Waals surface area contributed by atoms with Crippen LogP contribution < -0.4 is 5.32 Å². The van der Waals surface area contributed by atoms with Crippen molar-refractivity contribution in [2.24, 2.45) is 0 Å². The van der Waals surface area contributed by atoms with Gasteiger partial charge in [0.05, 0.1) is 23.0 Å². The fourth-order valence-electron chi connectivity index (χ4n) is 4.81. The van der Waals surface area contributed by atoms with Gasteiger partial charge in [0.2, 0.25) is 15.9 Å². The number of imidazole rings is 1. The van der Waals surface area contributed by atoms with Crippen LogP contribution in [0.4, 0.5) is 0 Å². The highest BCUT2D eigenvalue weighted by atomic mass is 32.2. The van der Waals surface area contributed by atoms with Crippen LogP contribution in [0.3, 0.4) is 0 Å². The summed E-state index contributed by atoms with van der Waals surface area (Å²) in [4.78, 5) is 30.0. The predicted octanol–water partition coefficient (Wildman–Crippen LogP) is 3.01. The lowest BCUT2D eigenvalue weighted by Gasteiger charge is -2.27. The molecule has 0 aliphatic heterocycles.